The van der Waals surface area contributed by atoms with E-state index in [2.05, 4.69) is 20.8 Å². The van der Waals surface area contributed by atoms with E-state index in [1.54, 1.807) is 7.11 Å². The topological polar surface area (TPSA) is 78.3 Å². The highest BCUT2D eigenvalue weighted by atomic mass is 16.5. The molecule has 0 aromatic rings. The van der Waals surface area contributed by atoms with Crippen molar-refractivity contribution in [1.29, 1.82) is 0 Å². The standard InChI is InChI=1S/C13H28N2O2/c1-10(8-11(14)9-12(15)16)6-5-7-13(2,3)17-4/h10-11H,5-9,14H2,1-4H3,(H2,15,16). The van der Waals surface area contributed by atoms with Gasteiger partial charge in [-0.05, 0) is 32.6 Å². The van der Waals surface area contributed by atoms with Gasteiger partial charge < -0.3 is 16.2 Å². The van der Waals surface area contributed by atoms with Crippen LogP contribution in [0.4, 0.5) is 0 Å². The first-order valence-corrected chi connectivity index (χ1v) is 6.36. The summed E-state index contributed by atoms with van der Waals surface area (Å²) in [6, 6.07) is -0.0991. The van der Waals surface area contributed by atoms with E-state index >= 15 is 0 Å². The van der Waals surface area contributed by atoms with Gasteiger partial charge in [0.1, 0.15) is 0 Å². The van der Waals surface area contributed by atoms with Gasteiger partial charge in [-0.1, -0.05) is 19.8 Å². The number of rotatable bonds is 9. The van der Waals surface area contributed by atoms with E-state index in [4.69, 9.17) is 16.2 Å². The van der Waals surface area contributed by atoms with Crippen LogP contribution in [0.2, 0.25) is 0 Å². The third kappa shape index (κ3) is 9.12. The number of nitrogens with two attached hydrogens (primary N) is 2. The van der Waals surface area contributed by atoms with Crippen molar-refractivity contribution < 1.29 is 9.53 Å². The van der Waals surface area contributed by atoms with Crippen molar-refractivity contribution in [2.24, 2.45) is 17.4 Å². The fourth-order valence-electron chi connectivity index (χ4n) is 1.95. The van der Waals surface area contributed by atoms with Crippen LogP contribution in [-0.4, -0.2) is 24.7 Å². The Labute approximate surface area is 105 Å². The lowest BCUT2D eigenvalue weighted by Gasteiger charge is -2.24. The zero-order valence-corrected chi connectivity index (χ0v) is 11.7. The summed E-state index contributed by atoms with van der Waals surface area (Å²) in [7, 11) is 1.74. The summed E-state index contributed by atoms with van der Waals surface area (Å²) in [6.45, 7) is 6.35. The Bertz CT molecular complexity index is 229. The number of carbonyl (C=O) groups excluding carboxylic acids is 1. The summed E-state index contributed by atoms with van der Waals surface area (Å²) in [6.07, 6.45) is 4.41. The van der Waals surface area contributed by atoms with Gasteiger partial charge in [-0.3, -0.25) is 4.79 Å². The minimum absolute atomic E-state index is 0.0466. The highest BCUT2D eigenvalue weighted by Gasteiger charge is 2.17. The van der Waals surface area contributed by atoms with Gasteiger partial charge in [-0.25, -0.2) is 0 Å². The number of methoxy groups -OCH3 is 1. The van der Waals surface area contributed by atoms with Gasteiger partial charge in [-0.15, -0.1) is 0 Å². The maximum atomic E-state index is 10.7. The minimum Gasteiger partial charge on any atom is -0.379 e. The molecule has 4 N–H and O–H groups in total. The van der Waals surface area contributed by atoms with E-state index in [9.17, 15) is 4.79 Å². The molecule has 0 heterocycles. The predicted molar refractivity (Wildman–Crippen MR) is 70.5 cm³/mol. The molecule has 0 spiro atoms. The molecule has 0 bridgehead atoms. The van der Waals surface area contributed by atoms with E-state index < -0.39 is 0 Å². The van der Waals surface area contributed by atoms with Gasteiger partial charge in [0.05, 0.1) is 5.60 Å². The van der Waals surface area contributed by atoms with Crippen LogP contribution in [0.5, 0.6) is 0 Å². The summed E-state index contributed by atoms with van der Waals surface area (Å²) in [4.78, 5) is 10.7. The van der Waals surface area contributed by atoms with Gasteiger partial charge in [0.2, 0.25) is 5.91 Å². The second kappa shape index (κ2) is 7.67. The Kier molecular flexibility index (Phi) is 7.39. The lowest BCUT2D eigenvalue weighted by molar-refractivity contribution is -0.118. The smallest absolute Gasteiger partial charge is 0.218 e. The van der Waals surface area contributed by atoms with Gasteiger partial charge in [0, 0.05) is 19.6 Å². The molecule has 102 valence electrons. The molecular weight excluding hydrogens is 216 g/mol. The summed E-state index contributed by atoms with van der Waals surface area (Å²) in [5.74, 6) is 0.210. The molecule has 0 aliphatic carbocycles. The Hall–Kier alpha value is -0.610. The van der Waals surface area contributed by atoms with E-state index in [0.29, 0.717) is 5.92 Å². The number of amides is 1. The first kappa shape index (κ1) is 16.4. The monoisotopic (exact) mass is 244 g/mol. The van der Waals surface area contributed by atoms with Crippen LogP contribution in [0, 0.1) is 5.92 Å². The van der Waals surface area contributed by atoms with E-state index in [0.717, 1.165) is 25.7 Å². The number of hydrogen-bond donors (Lipinski definition) is 2. The molecule has 1 amide bonds. The normalized spacial score (nSPS) is 15.6. The van der Waals surface area contributed by atoms with Crippen molar-refractivity contribution in [3.05, 3.63) is 0 Å². The van der Waals surface area contributed by atoms with Crippen LogP contribution in [-0.2, 0) is 9.53 Å². The summed E-state index contributed by atoms with van der Waals surface area (Å²) in [5, 5.41) is 0. The zero-order chi connectivity index (χ0) is 13.5. The lowest BCUT2D eigenvalue weighted by Crippen LogP contribution is -2.29. The van der Waals surface area contributed by atoms with Crippen molar-refractivity contribution in [2.75, 3.05) is 7.11 Å². The molecule has 17 heavy (non-hydrogen) atoms. The maximum Gasteiger partial charge on any atom is 0.218 e. The van der Waals surface area contributed by atoms with Crippen LogP contribution < -0.4 is 11.5 Å². The van der Waals surface area contributed by atoms with Crippen molar-refractivity contribution >= 4 is 5.91 Å². The average Bonchev–Trinajstić information content (AvgIpc) is 2.15. The zero-order valence-electron chi connectivity index (χ0n) is 11.7. The number of hydrogen-bond acceptors (Lipinski definition) is 3. The third-order valence-electron chi connectivity index (χ3n) is 3.20. The first-order chi connectivity index (χ1) is 7.76. The van der Waals surface area contributed by atoms with Crippen LogP contribution in [0.15, 0.2) is 0 Å². The summed E-state index contributed by atoms with van der Waals surface area (Å²) in [5.41, 5.74) is 10.9. The molecule has 4 nitrogen and oxygen atoms in total. The number of carbonyl (C=O) groups is 1. The maximum absolute atomic E-state index is 10.7. The number of primary amides is 1. The molecule has 0 rings (SSSR count). The molecule has 0 saturated carbocycles. The highest BCUT2D eigenvalue weighted by molar-refractivity contribution is 5.74. The van der Waals surface area contributed by atoms with Gasteiger partial charge >= 0.3 is 0 Å². The highest BCUT2D eigenvalue weighted by Crippen LogP contribution is 2.21. The predicted octanol–water partition coefficient (Wildman–Crippen LogP) is 1.81. The molecular formula is C13H28N2O2. The van der Waals surface area contributed by atoms with Gasteiger partial charge in [0.25, 0.3) is 0 Å². The van der Waals surface area contributed by atoms with Crippen LogP contribution in [0.25, 0.3) is 0 Å². The lowest BCUT2D eigenvalue weighted by atomic mass is 9.92. The average molecular weight is 244 g/mol. The first-order valence-electron chi connectivity index (χ1n) is 6.36. The molecule has 2 unspecified atom stereocenters. The molecule has 2 atom stereocenters. The van der Waals surface area contributed by atoms with Gasteiger partial charge in [0.15, 0.2) is 0 Å². The molecule has 0 saturated heterocycles. The van der Waals surface area contributed by atoms with Crippen LogP contribution in [0.1, 0.15) is 52.9 Å². The second-order valence-electron chi connectivity index (χ2n) is 5.63. The SMILES string of the molecule is COC(C)(C)CCCC(C)CC(N)CC(N)=O. The van der Waals surface area contributed by atoms with Gasteiger partial charge in [-0.2, -0.15) is 0 Å². The molecule has 0 aliphatic rings. The molecule has 0 aromatic carbocycles. The second-order valence-corrected chi connectivity index (χ2v) is 5.63. The summed E-state index contributed by atoms with van der Waals surface area (Å²) < 4.78 is 5.37. The molecule has 4 heteroatoms. The summed E-state index contributed by atoms with van der Waals surface area (Å²) >= 11 is 0. The molecule has 0 fully saturated rings. The molecule has 0 radical (unpaired) electrons. The third-order valence-corrected chi connectivity index (χ3v) is 3.20. The van der Waals surface area contributed by atoms with E-state index in [1.807, 2.05) is 0 Å². The van der Waals surface area contributed by atoms with Crippen LogP contribution in [0.3, 0.4) is 0 Å². The molecule has 0 aliphatic heterocycles. The van der Waals surface area contributed by atoms with Crippen molar-refractivity contribution in [1.82, 2.24) is 0 Å². The quantitative estimate of drug-likeness (QED) is 0.649. The number of ether oxygens (including phenoxy) is 1. The fourth-order valence-corrected chi connectivity index (χ4v) is 1.95. The van der Waals surface area contributed by atoms with E-state index in [-0.39, 0.29) is 24.0 Å². The van der Waals surface area contributed by atoms with Crippen molar-refractivity contribution in [3.8, 4) is 0 Å². The Morgan fingerprint density at radius 1 is 1.41 bits per heavy atom. The Morgan fingerprint density at radius 3 is 2.47 bits per heavy atom. The Morgan fingerprint density at radius 2 is 2.00 bits per heavy atom. The van der Waals surface area contributed by atoms with Crippen molar-refractivity contribution in [2.45, 2.75) is 64.5 Å². The van der Waals surface area contributed by atoms with Crippen LogP contribution >= 0.6 is 0 Å². The Balaban J connectivity index is 3.72. The largest absolute Gasteiger partial charge is 0.379 e. The van der Waals surface area contributed by atoms with E-state index in [1.165, 1.54) is 0 Å². The van der Waals surface area contributed by atoms with Crippen molar-refractivity contribution in [3.63, 3.8) is 0 Å². The fraction of sp³-hybridized carbons (Fsp3) is 0.923. The minimum atomic E-state index is -0.315. The molecule has 0 aromatic heterocycles.